The normalized spacial score (nSPS) is 13.7. The van der Waals surface area contributed by atoms with Crippen LogP contribution in [0.15, 0.2) is 97.3 Å². The first kappa shape index (κ1) is 34.5. The molecule has 1 aliphatic carbocycles. The maximum Gasteiger partial charge on any atom is 0.410 e. The smallest absolute Gasteiger partial charge is 0.410 e. The Morgan fingerprint density at radius 3 is 1.90 bits per heavy atom. The Labute approximate surface area is 285 Å². The van der Waals surface area contributed by atoms with Gasteiger partial charge in [-0.25, -0.2) is 9.59 Å². The molecule has 0 bridgehead atoms. The van der Waals surface area contributed by atoms with Crippen LogP contribution >= 0.6 is 0 Å². The molecule has 0 atom stereocenters. The Balaban J connectivity index is 1.27. The number of pyridine rings is 1. The van der Waals surface area contributed by atoms with E-state index in [1.165, 1.54) is 12.8 Å². The number of rotatable bonds is 10. The van der Waals surface area contributed by atoms with Crippen LogP contribution in [0.3, 0.4) is 0 Å². The summed E-state index contributed by atoms with van der Waals surface area (Å²) in [6, 6.07) is 27.9. The van der Waals surface area contributed by atoms with Gasteiger partial charge in [0.25, 0.3) is 0 Å². The van der Waals surface area contributed by atoms with Gasteiger partial charge in [0.05, 0.1) is 7.11 Å². The SMILES string of the molecule is COc1ccc(NC(=O)N(Cc2ccc(-c3ccc(CN(C(=O)OC(C)(C)C)C4CCCCCC4)cc3)cc2)Cc2cccnc2)cc1. The summed E-state index contributed by atoms with van der Waals surface area (Å²) in [4.78, 5) is 34.7. The van der Waals surface area contributed by atoms with Gasteiger partial charge in [0.1, 0.15) is 11.4 Å². The van der Waals surface area contributed by atoms with Crippen LogP contribution in [0.25, 0.3) is 11.1 Å². The molecule has 5 rings (SSSR count). The number of nitrogens with one attached hydrogen (secondary N) is 1. The van der Waals surface area contributed by atoms with Crippen LogP contribution in [0.4, 0.5) is 15.3 Å². The highest BCUT2D eigenvalue weighted by Crippen LogP contribution is 2.27. The lowest BCUT2D eigenvalue weighted by molar-refractivity contribution is 0.0123. The zero-order valence-corrected chi connectivity index (χ0v) is 28.7. The summed E-state index contributed by atoms with van der Waals surface area (Å²) in [6.45, 7) is 7.14. The first-order valence-electron chi connectivity index (χ1n) is 16.9. The predicted octanol–water partition coefficient (Wildman–Crippen LogP) is 9.45. The van der Waals surface area contributed by atoms with Gasteiger partial charge in [0, 0.05) is 43.8 Å². The van der Waals surface area contributed by atoms with E-state index < -0.39 is 5.60 Å². The van der Waals surface area contributed by atoms with Crippen LogP contribution in [0.5, 0.6) is 5.75 Å². The van der Waals surface area contributed by atoms with Gasteiger partial charge in [-0.1, -0.05) is 80.3 Å². The van der Waals surface area contributed by atoms with Gasteiger partial charge in [-0.15, -0.1) is 0 Å². The fraction of sp³-hybridized carbons (Fsp3) is 0.375. The van der Waals surface area contributed by atoms with Crippen molar-refractivity contribution in [3.05, 3.63) is 114 Å². The van der Waals surface area contributed by atoms with Crippen LogP contribution in [-0.2, 0) is 24.4 Å². The van der Waals surface area contributed by atoms with E-state index in [1.54, 1.807) is 24.4 Å². The Morgan fingerprint density at radius 1 is 0.771 bits per heavy atom. The monoisotopic (exact) mass is 648 g/mol. The van der Waals surface area contributed by atoms with Crippen molar-refractivity contribution in [2.75, 3.05) is 12.4 Å². The van der Waals surface area contributed by atoms with E-state index >= 15 is 0 Å². The molecule has 0 spiro atoms. The quantitative estimate of drug-likeness (QED) is 0.173. The minimum atomic E-state index is -0.536. The Morgan fingerprint density at radius 2 is 1.35 bits per heavy atom. The van der Waals surface area contributed by atoms with Crippen molar-refractivity contribution in [2.24, 2.45) is 0 Å². The number of carbonyl (C=O) groups is 2. The van der Waals surface area contributed by atoms with Gasteiger partial charge in [-0.2, -0.15) is 0 Å². The molecular formula is C40H48N4O4. The third-order valence-electron chi connectivity index (χ3n) is 8.59. The van der Waals surface area contributed by atoms with Gasteiger partial charge >= 0.3 is 12.1 Å². The molecular weight excluding hydrogens is 600 g/mol. The molecule has 4 aromatic rings. The lowest BCUT2D eigenvalue weighted by Gasteiger charge is -2.33. The lowest BCUT2D eigenvalue weighted by atomic mass is 10.0. The van der Waals surface area contributed by atoms with Gasteiger partial charge < -0.3 is 24.6 Å². The molecule has 0 saturated heterocycles. The minimum absolute atomic E-state index is 0.200. The van der Waals surface area contributed by atoms with Crippen molar-refractivity contribution >= 4 is 17.8 Å². The van der Waals surface area contributed by atoms with E-state index in [0.29, 0.717) is 25.3 Å². The van der Waals surface area contributed by atoms with Crippen molar-refractivity contribution in [1.29, 1.82) is 0 Å². The number of benzene rings is 3. The van der Waals surface area contributed by atoms with Crippen LogP contribution in [-0.4, -0.2) is 45.7 Å². The Kier molecular flexibility index (Phi) is 11.7. The lowest BCUT2D eigenvalue weighted by Crippen LogP contribution is -2.42. The topological polar surface area (TPSA) is 84.0 Å². The van der Waals surface area contributed by atoms with Gasteiger partial charge in [0.2, 0.25) is 0 Å². The molecule has 8 nitrogen and oxygen atoms in total. The average Bonchev–Trinajstić information content (AvgIpc) is 3.37. The molecule has 1 saturated carbocycles. The molecule has 0 radical (unpaired) electrons. The molecule has 1 aromatic heterocycles. The number of carbonyl (C=O) groups excluding carboxylic acids is 2. The van der Waals surface area contributed by atoms with Crippen LogP contribution in [0.1, 0.15) is 76.0 Å². The molecule has 1 fully saturated rings. The molecule has 1 N–H and O–H groups in total. The van der Waals surface area contributed by atoms with Crippen molar-refractivity contribution in [1.82, 2.24) is 14.8 Å². The maximum atomic E-state index is 13.4. The van der Waals surface area contributed by atoms with Crippen LogP contribution in [0.2, 0.25) is 0 Å². The van der Waals surface area contributed by atoms with Crippen LogP contribution < -0.4 is 10.1 Å². The first-order chi connectivity index (χ1) is 23.2. The zero-order valence-electron chi connectivity index (χ0n) is 28.7. The molecule has 0 unspecified atom stereocenters. The van der Waals surface area contributed by atoms with Crippen LogP contribution in [0, 0.1) is 0 Å². The number of ether oxygens (including phenoxy) is 2. The van der Waals surface area contributed by atoms with E-state index in [-0.39, 0.29) is 18.2 Å². The summed E-state index contributed by atoms with van der Waals surface area (Å²) in [5.41, 5.74) is 5.38. The molecule has 1 aliphatic rings. The zero-order chi connectivity index (χ0) is 33.9. The highest BCUT2D eigenvalue weighted by atomic mass is 16.6. The molecule has 48 heavy (non-hydrogen) atoms. The summed E-state index contributed by atoms with van der Waals surface area (Å²) >= 11 is 0. The fourth-order valence-electron chi connectivity index (χ4n) is 6.04. The number of hydrogen-bond acceptors (Lipinski definition) is 5. The summed E-state index contributed by atoms with van der Waals surface area (Å²) in [5, 5.41) is 3.01. The molecule has 3 aromatic carbocycles. The fourth-order valence-corrected chi connectivity index (χ4v) is 6.04. The molecule has 3 amide bonds. The Bertz CT molecular complexity index is 1590. The van der Waals surface area contributed by atoms with E-state index in [0.717, 1.165) is 59.3 Å². The first-order valence-corrected chi connectivity index (χ1v) is 16.9. The van der Waals surface area contributed by atoms with Gasteiger partial charge in [-0.05, 0) is 91.8 Å². The second kappa shape index (κ2) is 16.3. The number of methoxy groups -OCH3 is 1. The van der Waals surface area contributed by atoms with Crippen molar-refractivity contribution in [3.63, 3.8) is 0 Å². The number of amides is 3. The largest absolute Gasteiger partial charge is 0.497 e. The predicted molar refractivity (Wildman–Crippen MR) is 191 cm³/mol. The summed E-state index contributed by atoms with van der Waals surface area (Å²) in [7, 11) is 1.62. The summed E-state index contributed by atoms with van der Waals surface area (Å²) in [6.07, 6.45) is 10.1. The number of urea groups is 1. The van der Waals surface area contributed by atoms with Crippen molar-refractivity contribution in [2.45, 2.75) is 90.6 Å². The highest BCUT2D eigenvalue weighted by molar-refractivity contribution is 5.89. The Hall–Kier alpha value is -4.85. The minimum Gasteiger partial charge on any atom is -0.497 e. The van der Waals surface area contributed by atoms with E-state index in [9.17, 15) is 9.59 Å². The number of hydrogen-bond donors (Lipinski definition) is 1. The number of anilines is 1. The summed E-state index contributed by atoms with van der Waals surface area (Å²) in [5.74, 6) is 0.729. The van der Waals surface area contributed by atoms with Crippen molar-refractivity contribution < 1.29 is 19.1 Å². The molecule has 8 heteroatoms. The maximum absolute atomic E-state index is 13.4. The van der Waals surface area contributed by atoms with E-state index in [2.05, 4.69) is 58.8 Å². The number of nitrogens with zero attached hydrogens (tertiary/aromatic N) is 3. The standard InChI is InChI=1S/C40H48N4O4/c1-40(2,3)48-39(46)44(36-11-7-5-6-8-12-36)29-31-15-19-34(20-16-31)33-17-13-30(14-18-33)27-43(28-32-10-9-25-41-26-32)38(45)42-35-21-23-37(47-4)24-22-35/h9-10,13-26,36H,5-8,11-12,27-29H2,1-4H3,(H,42,45). The number of aromatic nitrogens is 1. The molecule has 252 valence electrons. The molecule has 0 aliphatic heterocycles. The second-order valence-corrected chi connectivity index (χ2v) is 13.5. The third-order valence-corrected chi connectivity index (χ3v) is 8.59. The molecule has 1 heterocycles. The van der Waals surface area contributed by atoms with Crippen molar-refractivity contribution in [3.8, 4) is 16.9 Å². The van der Waals surface area contributed by atoms with Gasteiger partial charge in [0.15, 0.2) is 0 Å². The van der Waals surface area contributed by atoms with Gasteiger partial charge in [-0.3, -0.25) is 4.98 Å². The summed E-state index contributed by atoms with van der Waals surface area (Å²) < 4.78 is 11.1. The third kappa shape index (κ3) is 10.1. The average molecular weight is 649 g/mol. The van der Waals surface area contributed by atoms with E-state index in [4.69, 9.17) is 9.47 Å². The second-order valence-electron chi connectivity index (χ2n) is 13.5. The highest BCUT2D eigenvalue weighted by Gasteiger charge is 2.29. The van der Waals surface area contributed by atoms with E-state index in [1.807, 2.05) is 62.1 Å².